The first-order valence-corrected chi connectivity index (χ1v) is 18.7. The fourth-order valence-electron chi connectivity index (χ4n) is 7.51. The number of nitrogens with zero attached hydrogens (tertiary/aromatic N) is 4. The zero-order chi connectivity index (χ0) is 33.7. The van der Waals surface area contributed by atoms with Crippen LogP contribution < -0.4 is 21.1 Å². The fraction of sp³-hybridized carbons (Fsp3) is 0.556. The van der Waals surface area contributed by atoms with E-state index in [1.807, 2.05) is 18.2 Å². The Morgan fingerprint density at radius 1 is 0.939 bits per heavy atom. The number of amides is 2. The molecule has 7 rings (SSSR count). The highest BCUT2D eigenvalue weighted by Crippen LogP contribution is 2.27. The summed E-state index contributed by atoms with van der Waals surface area (Å²) in [5, 5.41) is 6.19. The number of thioether (sulfide) groups is 1. The van der Waals surface area contributed by atoms with Crippen LogP contribution in [0.5, 0.6) is 0 Å². The molecule has 0 aliphatic carbocycles. The van der Waals surface area contributed by atoms with E-state index in [0.717, 1.165) is 96.0 Å². The lowest BCUT2D eigenvalue weighted by Gasteiger charge is -2.43. The van der Waals surface area contributed by atoms with Crippen LogP contribution in [-0.4, -0.2) is 108 Å². The topological polar surface area (TPSA) is 123 Å². The Bertz CT molecular complexity index is 1680. The molecule has 3 N–H and O–H groups in total. The van der Waals surface area contributed by atoms with Gasteiger partial charge in [0.25, 0.3) is 5.56 Å². The number of anilines is 2. The number of fused-ring (bicyclic) bond motifs is 1. The minimum atomic E-state index is -0.499. The summed E-state index contributed by atoms with van der Waals surface area (Å²) in [5.41, 5.74) is 2.98. The molecule has 262 valence electrons. The number of ether oxygens (including phenoxy) is 1. The van der Waals surface area contributed by atoms with Gasteiger partial charge in [0.05, 0.1) is 11.3 Å². The number of piperidine rings is 2. The summed E-state index contributed by atoms with van der Waals surface area (Å²) >= 11 is 1.78. The molecule has 2 aromatic carbocycles. The monoisotopic (exact) mass is 691 g/mol. The zero-order valence-corrected chi connectivity index (χ0v) is 28.7. The van der Waals surface area contributed by atoms with E-state index in [9.17, 15) is 14.4 Å². The number of benzene rings is 2. The molecule has 5 heterocycles. The average Bonchev–Trinajstić information content (AvgIpc) is 3.12. The van der Waals surface area contributed by atoms with Crippen LogP contribution in [0.4, 0.5) is 15.8 Å². The van der Waals surface area contributed by atoms with Gasteiger partial charge in [0.1, 0.15) is 23.1 Å². The van der Waals surface area contributed by atoms with Gasteiger partial charge in [-0.25, -0.2) is 9.37 Å². The first-order chi connectivity index (χ1) is 23.9. The third-order valence-corrected chi connectivity index (χ3v) is 11.8. The maximum Gasteiger partial charge on any atom is 0.261 e. The second kappa shape index (κ2) is 15.6. The second-order valence-electron chi connectivity index (χ2n) is 13.6. The largest absolute Gasteiger partial charge is 0.381 e. The van der Waals surface area contributed by atoms with Gasteiger partial charge in [-0.2, -0.15) is 11.8 Å². The lowest BCUT2D eigenvalue weighted by Crippen LogP contribution is -2.53. The van der Waals surface area contributed by atoms with Crippen LogP contribution in [0.1, 0.15) is 49.9 Å². The van der Waals surface area contributed by atoms with Crippen LogP contribution in [0.2, 0.25) is 0 Å². The summed E-state index contributed by atoms with van der Waals surface area (Å²) in [6.07, 6.45) is 5.83. The van der Waals surface area contributed by atoms with Gasteiger partial charge in [0.15, 0.2) is 0 Å². The molecule has 0 saturated carbocycles. The number of rotatable bonds is 10. The highest BCUT2D eigenvalue weighted by Gasteiger charge is 2.29. The standard InChI is InChI=1S/C36H46FN7O4S/c37-29-21-24(22-31-34(29)36(47)40-32(39-31)23-49-28-10-19-48-20-11-28)7-12-42-15-17-44(18-16-42)27-8-13-43(14-9-27)26-3-1-25(2-4-26)38-30-5-6-33(45)41-35(30)46/h1-4,21-22,27-28,30,38H,5-20,23H2,(H,39,40,47)(H,41,45,46). The predicted molar refractivity (Wildman–Crippen MR) is 191 cm³/mol. The minimum absolute atomic E-state index is 0.0435. The maximum absolute atomic E-state index is 15.1. The Labute approximate surface area is 290 Å². The molecule has 3 aromatic rings. The van der Waals surface area contributed by atoms with E-state index in [4.69, 9.17) is 4.74 Å². The molecule has 4 aliphatic rings. The summed E-state index contributed by atoms with van der Waals surface area (Å²) in [6, 6.07) is 11.8. The van der Waals surface area contributed by atoms with Crippen molar-refractivity contribution in [1.82, 2.24) is 25.1 Å². The van der Waals surface area contributed by atoms with Crippen molar-refractivity contribution in [2.75, 3.05) is 69.2 Å². The summed E-state index contributed by atoms with van der Waals surface area (Å²) < 4.78 is 20.5. The van der Waals surface area contributed by atoms with Crippen molar-refractivity contribution in [3.63, 3.8) is 0 Å². The van der Waals surface area contributed by atoms with E-state index in [1.165, 1.54) is 11.8 Å². The molecule has 1 aromatic heterocycles. The lowest BCUT2D eigenvalue weighted by molar-refractivity contribution is -0.133. The van der Waals surface area contributed by atoms with Crippen molar-refractivity contribution in [3.05, 3.63) is 64.0 Å². The third kappa shape index (κ3) is 8.45. The molecule has 0 spiro atoms. The normalized spacial score (nSPS) is 22.1. The number of aromatic nitrogens is 2. The SMILES string of the molecule is O=C1CCC(Nc2ccc(N3CCC(N4CCN(CCc5cc(F)c6c(=O)[nH]c(CSC7CCOCC7)nc6c5)CC4)CC3)cc2)C(=O)N1. The number of piperazine rings is 1. The van der Waals surface area contributed by atoms with Gasteiger partial charge in [-0.15, -0.1) is 0 Å². The number of H-pyrrole nitrogens is 1. The van der Waals surface area contributed by atoms with Gasteiger partial charge >= 0.3 is 0 Å². The molecule has 2 amide bonds. The molecule has 13 heteroatoms. The predicted octanol–water partition coefficient (Wildman–Crippen LogP) is 3.52. The van der Waals surface area contributed by atoms with Gasteiger partial charge in [-0.1, -0.05) is 0 Å². The zero-order valence-electron chi connectivity index (χ0n) is 27.9. The molecular weight excluding hydrogens is 646 g/mol. The van der Waals surface area contributed by atoms with Crippen LogP contribution >= 0.6 is 11.8 Å². The Hall–Kier alpha value is -3.52. The number of carbonyl (C=O) groups excluding carboxylic acids is 2. The average molecular weight is 692 g/mol. The quantitative estimate of drug-likeness (QED) is 0.273. The molecular formula is C36H46FN7O4S. The smallest absolute Gasteiger partial charge is 0.261 e. The minimum Gasteiger partial charge on any atom is -0.381 e. The van der Waals surface area contributed by atoms with Crippen molar-refractivity contribution >= 4 is 45.9 Å². The van der Waals surface area contributed by atoms with Gasteiger partial charge in [0, 0.05) is 88.1 Å². The Morgan fingerprint density at radius 2 is 1.69 bits per heavy atom. The summed E-state index contributed by atoms with van der Waals surface area (Å²) in [4.78, 5) is 51.2. The Morgan fingerprint density at radius 3 is 2.43 bits per heavy atom. The van der Waals surface area contributed by atoms with Crippen molar-refractivity contribution in [2.45, 2.75) is 68.0 Å². The van der Waals surface area contributed by atoms with E-state index in [1.54, 1.807) is 11.8 Å². The summed E-state index contributed by atoms with van der Waals surface area (Å²) in [6.45, 7) is 8.44. The van der Waals surface area contributed by atoms with E-state index in [-0.39, 0.29) is 23.2 Å². The number of hydrogen-bond acceptors (Lipinski definition) is 10. The molecule has 0 radical (unpaired) electrons. The number of nitrogens with one attached hydrogen (secondary N) is 3. The van der Waals surface area contributed by atoms with Crippen LogP contribution in [-0.2, 0) is 26.5 Å². The van der Waals surface area contributed by atoms with Gasteiger partial charge < -0.3 is 24.8 Å². The number of aromatic amines is 1. The van der Waals surface area contributed by atoms with Gasteiger partial charge in [-0.05, 0) is 80.5 Å². The molecule has 4 saturated heterocycles. The number of imide groups is 1. The molecule has 0 bridgehead atoms. The highest BCUT2D eigenvalue weighted by atomic mass is 32.2. The van der Waals surface area contributed by atoms with E-state index < -0.39 is 11.4 Å². The van der Waals surface area contributed by atoms with Crippen LogP contribution in [0.3, 0.4) is 0 Å². The van der Waals surface area contributed by atoms with Crippen molar-refractivity contribution < 1.29 is 18.7 Å². The highest BCUT2D eigenvalue weighted by molar-refractivity contribution is 7.99. The molecule has 1 atom stereocenters. The van der Waals surface area contributed by atoms with Crippen molar-refractivity contribution in [3.8, 4) is 0 Å². The van der Waals surface area contributed by atoms with E-state index >= 15 is 4.39 Å². The summed E-state index contributed by atoms with van der Waals surface area (Å²) in [5.74, 6) is 0.237. The van der Waals surface area contributed by atoms with E-state index in [2.05, 4.69) is 47.4 Å². The van der Waals surface area contributed by atoms with Crippen LogP contribution in [0.25, 0.3) is 10.9 Å². The molecule has 11 nitrogen and oxygen atoms in total. The molecule has 4 fully saturated rings. The van der Waals surface area contributed by atoms with Crippen LogP contribution in [0.15, 0.2) is 41.2 Å². The third-order valence-electron chi connectivity index (χ3n) is 10.4. The van der Waals surface area contributed by atoms with Gasteiger partial charge in [-0.3, -0.25) is 24.6 Å². The molecule has 1 unspecified atom stereocenters. The molecule has 49 heavy (non-hydrogen) atoms. The number of halogens is 1. The Balaban J connectivity index is 0.856. The first kappa shape index (κ1) is 34.0. The van der Waals surface area contributed by atoms with Crippen LogP contribution in [0, 0.1) is 5.82 Å². The number of carbonyl (C=O) groups is 2. The molecule has 4 aliphatic heterocycles. The van der Waals surface area contributed by atoms with Crippen molar-refractivity contribution in [1.29, 1.82) is 0 Å². The van der Waals surface area contributed by atoms with Crippen molar-refractivity contribution in [2.24, 2.45) is 0 Å². The first-order valence-electron chi connectivity index (χ1n) is 17.7. The summed E-state index contributed by atoms with van der Waals surface area (Å²) in [7, 11) is 0. The Kier molecular flexibility index (Phi) is 10.8. The van der Waals surface area contributed by atoms with E-state index in [0.29, 0.717) is 47.6 Å². The second-order valence-corrected chi connectivity index (χ2v) is 14.9. The lowest BCUT2D eigenvalue weighted by atomic mass is 10.0. The maximum atomic E-state index is 15.1. The fourth-order valence-corrected chi connectivity index (χ4v) is 8.56. The number of hydrogen-bond donors (Lipinski definition) is 3. The van der Waals surface area contributed by atoms with Gasteiger partial charge in [0.2, 0.25) is 11.8 Å².